The van der Waals surface area contributed by atoms with E-state index in [0.717, 1.165) is 43.1 Å². The maximum absolute atomic E-state index is 13.5. The van der Waals surface area contributed by atoms with E-state index >= 15 is 0 Å². The van der Waals surface area contributed by atoms with Crippen LogP contribution in [0.5, 0.6) is 0 Å². The second kappa shape index (κ2) is 11.7. The molecule has 36 heavy (non-hydrogen) atoms. The molecule has 0 aliphatic carbocycles. The Hall–Kier alpha value is -2.50. The summed E-state index contributed by atoms with van der Waals surface area (Å²) in [4.78, 5) is 14.5. The van der Waals surface area contributed by atoms with Gasteiger partial charge in [0.1, 0.15) is 12.1 Å². The monoisotopic (exact) mass is 546 g/mol. The van der Waals surface area contributed by atoms with Crippen molar-refractivity contribution in [1.29, 1.82) is 0 Å². The van der Waals surface area contributed by atoms with Crippen LogP contribution in [0.2, 0.25) is 5.02 Å². The Morgan fingerprint density at radius 2 is 1.75 bits per heavy atom. The minimum atomic E-state index is -4.57. The second-order valence-corrected chi connectivity index (χ2v) is 8.95. The van der Waals surface area contributed by atoms with Gasteiger partial charge in [-0.05, 0) is 37.7 Å². The van der Waals surface area contributed by atoms with Crippen LogP contribution in [0.3, 0.4) is 0 Å². The molecule has 1 fully saturated rings. The minimum absolute atomic E-state index is 0. The summed E-state index contributed by atoms with van der Waals surface area (Å²) < 4.78 is 40.5. The molecule has 1 saturated heterocycles. The summed E-state index contributed by atoms with van der Waals surface area (Å²) in [5.74, 6) is 0.247. The average Bonchev–Trinajstić information content (AvgIpc) is 3.29. The number of anilines is 3. The lowest BCUT2D eigenvalue weighted by Gasteiger charge is -2.38. The van der Waals surface area contributed by atoms with Crippen LogP contribution in [0.4, 0.5) is 30.4 Å². The Bertz CT molecular complexity index is 1160. The maximum Gasteiger partial charge on any atom is 0.433 e. The van der Waals surface area contributed by atoms with E-state index in [1.807, 2.05) is 17.0 Å². The molecule has 2 N–H and O–H groups in total. The van der Waals surface area contributed by atoms with E-state index in [1.54, 1.807) is 0 Å². The third kappa shape index (κ3) is 5.90. The Morgan fingerprint density at radius 3 is 2.39 bits per heavy atom. The molecule has 0 saturated carbocycles. The van der Waals surface area contributed by atoms with Crippen molar-refractivity contribution in [3.8, 4) is 0 Å². The van der Waals surface area contributed by atoms with E-state index < -0.39 is 11.9 Å². The molecule has 4 rings (SSSR count). The van der Waals surface area contributed by atoms with Crippen molar-refractivity contribution in [3.05, 3.63) is 34.7 Å². The molecule has 8 nitrogen and oxygen atoms in total. The van der Waals surface area contributed by atoms with Gasteiger partial charge in [0.2, 0.25) is 0 Å². The zero-order valence-corrected chi connectivity index (χ0v) is 22.1. The summed E-state index contributed by atoms with van der Waals surface area (Å²) in [7, 11) is 0. The van der Waals surface area contributed by atoms with Gasteiger partial charge >= 0.3 is 6.18 Å². The number of nitrogens with zero attached hydrogens (tertiary/aromatic N) is 6. The summed E-state index contributed by atoms with van der Waals surface area (Å²) in [6.07, 6.45) is -3.31. The van der Waals surface area contributed by atoms with E-state index in [0.29, 0.717) is 31.2 Å². The van der Waals surface area contributed by atoms with Crippen molar-refractivity contribution in [2.45, 2.75) is 26.9 Å². The average molecular weight is 547 g/mol. The first-order valence-corrected chi connectivity index (χ1v) is 12.1. The standard InChI is InChI=1S/C23H30ClF3N8.ClH/c1-4-33(5-2)7-6-28-17-12-16(24)13-18(15(17)3)34-8-10-35(11-9-34)22-19-20(23(25,26)27)31-32-21(19)29-14-30-22;/h12-14,28H,4-11H2,1-3H3,(H,29,30,31,32);1H. The third-order valence-corrected chi connectivity index (χ3v) is 6.74. The van der Waals surface area contributed by atoms with Crippen molar-refractivity contribution >= 4 is 52.2 Å². The Balaban J connectivity index is 0.00000361. The zero-order chi connectivity index (χ0) is 25.2. The van der Waals surface area contributed by atoms with Gasteiger partial charge in [-0.3, -0.25) is 5.10 Å². The van der Waals surface area contributed by atoms with Crippen molar-refractivity contribution in [3.63, 3.8) is 0 Å². The molecule has 2 aromatic heterocycles. The fourth-order valence-corrected chi connectivity index (χ4v) is 4.72. The zero-order valence-electron chi connectivity index (χ0n) is 20.5. The lowest BCUT2D eigenvalue weighted by Crippen LogP contribution is -2.47. The number of aromatic nitrogens is 4. The van der Waals surface area contributed by atoms with E-state index in [1.165, 1.54) is 6.33 Å². The largest absolute Gasteiger partial charge is 0.433 e. The molecule has 1 aliphatic rings. The number of piperazine rings is 1. The number of rotatable bonds is 8. The number of fused-ring (bicyclic) bond motifs is 1. The number of aromatic amines is 1. The number of nitrogens with one attached hydrogen (secondary N) is 2. The quantitative estimate of drug-likeness (QED) is 0.418. The highest BCUT2D eigenvalue weighted by Gasteiger charge is 2.37. The first-order chi connectivity index (χ1) is 16.7. The lowest BCUT2D eigenvalue weighted by molar-refractivity contribution is -0.139. The molecular formula is C23H31Cl2F3N8. The molecule has 0 spiro atoms. The molecule has 0 bridgehead atoms. The predicted octanol–water partition coefficient (Wildman–Crippen LogP) is 4.84. The summed E-state index contributed by atoms with van der Waals surface area (Å²) in [6, 6.07) is 3.89. The van der Waals surface area contributed by atoms with Crippen LogP contribution in [-0.4, -0.2) is 77.4 Å². The summed E-state index contributed by atoms with van der Waals surface area (Å²) in [5.41, 5.74) is 2.20. The predicted molar refractivity (Wildman–Crippen MR) is 141 cm³/mol. The van der Waals surface area contributed by atoms with Crippen LogP contribution in [0.1, 0.15) is 25.1 Å². The normalized spacial score (nSPS) is 14.4. The van der Waals surface area contributed by atoms with Gasteiger partial charge in [0.15, 0.2) is 11.3 Å². The molecular weight excluding hydrogens is 516 g/mol. The van der Waals surface area contributed by atoms with Gasteiger partial charge in [0.25, 0.3) is 0 Å². The van der Waals surface area contributed by atoms with Crippen LogP contribution < -0.4 is 15.1 Å². The highest BCUT2D eigenvalue weighted by Crippen LogP contribution is 2.37. The van der Waals surface area contributed by atoms with Gasteiger partial charge in [-0.25, -0.2) is 9.97 Å². The van der Waals surface area contributed by atoms with E-state index in [2.05, 4.69) is 56.1 Å². The molecule has 13 heteroatoms. The molecule has 3 heterocycles. The van der Waals surface area contributed by atoms with Crippen molar-refractivity contribution in [2.75, 3.05) is 67.5 Å². The number of H-pyrrole nitrogens is 1. The van der Waals surface area contributed by atoms with Crippen LogP contribution in [-0.2, 0) is 6.18 Å². The highest BCUT2D eigenvalue weighted by molar-refractivity contribution is 6.31. The van der Waals surface area contributed by atoms with Gasteiger partial charge in [-0.15, -0.1) is 12.4 Å². The maximum atomic E-state index is 13.5. The Kier molecular flexibility index (Phi) is 9.13. The van der Waals surface area contributed by atoms with Gasteiger partial charge in [0.05, 0.1) is 5.39 Å². The number of halogens is 5. The van der Waals surface area contributed by atoms with Gasteiger partial charge in [0, 0.05) is 55.7 Å². The van der Waals surface area contributed by atoms with Crippen LogP contribution >= 0.6 is 24.0 Å². The fraction of sp³-hybridized carbons (Fsp3) is 0.522. The van der Waals surface area contributed by atoms with E-state index in [4.69, 9.17) is 11.6 Å². The molecule has 1 aliphatic heterocycles. The molecule has 1 aromatic carbocycles. The third-order valence-electron chi connectivity index (χ3n) is 6.52. The smallest absolute Gasteiger partial charge is 0.383 e. The summed E-state index contributed by atoms with van der Waals surface area (Å²) in [6.45, 7) is 12.4. The van der Waals surface area contributed by atoms with Gasteiger partial charge in [-0.1, -0.05) is 25.4 Å². The van der Waals surface area contributed by atoms with Crippen LogP contribution in [0, 0.1) is 6.92 Å². The van der Waals surface area contributed by atoms with E-state index in [9.17, 15) is 13.2 Å². The van der Waals surface area contributed by atoms with Gasteiger partial charge < -0.3 is 20.0 Å². The molecule has 0 atom stereocenters. The fourth-order valence-electron chi connectivity index (χ4n) is 4.51. The second-order valence-electron chi connectivity index (χ2n) is 8.52. The number of benzene rings is 1. The molecule has 0 radical (unpaired) electrons. The number of likely N-dealkylation sites (N-methyl/N-ethyl adjacent to an activating group) is 1. The minimum Gasteiger partial charge on any atom is -0.383 e. The van der Waals surface area contributed by atoms with Crippen molar-refractivity contribution < 1.29 is 13.2 Å². The first-order valence-electron chi connectivity index (χ1n) is 11.8. The Morgan fingerprint density at radius 1 is 1.08 bits per heavy atom. The summed E-state index contributed by atoms with van der Waals surface area (Å²) >= 11 is 6.45. The van der Waals surface area contributed by atoms with Crippen LogP contribution in [0.25, 0.3) is 11.0 Å². The van der Waals surface area contributed by atoms with E-state index in [-0.39, 0.29) is 29.3 Å². The number of alkyl halides is 3. The summed E-state index contributed by atoms with van der Waals surface area (Å²) in [5, 5.41) is 9.86. The Labute approximate surface area is 219 Å². The van der Waals surface area contributed by atoms with Gasteiger partial charge in [-0.2, -0.15) is 18.3 Å². The molecule has 198 valence electrons. The molecule has 0 unspecified atom stereocenters. The SMILES string of the molecule is CCN(CC)CCNc1cc(Cl)cc(N2CCN(c3ncnc4n[nH]c(C(F)(F)F)c34)CC2)c1C.Cl. The van der Waals surface area contributed by atoms with Crippen molar-refractivity contribution in [2.24, 2.45) is 0 Å². The van der Waals surface area contributed by atoms with Crippen LogP contribution in [0.15, 0.2) is 18.5 Å². The molecule has 0 amide bonds. The molecule has 3 aromatic rings. The topological polar surface area (TPSA) is 76.2 Å². The lowest BCUT2D eigenvalue weighted by atomic mass is 10.1. The highest BCUT2D eigenvalue weighted by atomic mass is 35.5. The number of hydrogen-bond acceptors (Lipinski definition) is 7. The number of hydrogen-bond donors (Lipinski definition) is 2. The van der Waals surface area contributed by atoms with Crippen molar-refractivity contribution in [1.82, 2.24) is 25.1 Å². The first kappa shape index (κ1) is 28.1.